The second-order valence-electron chi connectivity index (χ2n) is 3.46. The SMILES string of the molecule is CCN(CC(N)=O)C1CCC(=O)C1. The van der Waals surface area contributed by atoms with Gasteiger partial charge in [-0.15, -0.1) is 0 Å². The molecule has 13 heavy (non-hydrogen) atoms. The molecule has 1 aliphatic rings. The van der Waals surface area contributed by atoms with Crippen LogP contribution in [0.1, 0.15) is 26.2 Å². The molecule has 1 atom stereocenters. The number of carbonyl (C=O) groups is 2. The Morgan fingerprint density at radius 3 is 2.77 bits per heavy atom. The molecule has 2 N–H and O–H groups in total. The number of amides is 1. The minimum absolute atomic E-state index is 0.241. The molecule has 0 spiro atoms. The summed E-state index contributed by atoms with van der Waals surface area (Å²) in [4.78, 5) is 23.7. The molecule has 4 heteroatoms. The fourth-order valence-electron chi connectivity index (χ4n) is 1.81. The van der Waals surface area contributed by atoms with Gasteiger partial charge >= 0.3 is 0 Å². The second-order valence-corrected chi connectivity index (χ2v) is 3.46. The van der Waals surface area contributed by atoms with Gasteiger partial charge in [-0.05, 0) is 13.0 Å². The molecule has 0 aromatic heterocycles. The van der Waals surface area contributed by atoms with E-state index in [1.165, 1.54) is 0 Å². The topological polar surface area (TPSA) is 63.4 Å². The van der Waals surface area contributed by atoms with Crippen molar-refractivity contribution in [3.05, 3.63) is 0 Å². The molecule has 0 heterocycles. The van der Waals surface area contributed by atoms with Crippen LogP contribution in [-0.4, -0.2) is 35.7 Å². The molecule has 1 unspecified atom stereocenters. The van der Waals surface area contributed by atoms with Crippen LogP contribution in [0.25, 0.3) is 0 Å². The molecule has 1 amide bonds. The maximum Gasteiger partial charge on any atom is 0.231 e. The molecule has 4 nitrogen and oxygen atoms in total. The van der Waals surface area contributed by atoms with Crippen LogP contribution in [0.5, 0.6) is 0 Å². The molecule has 0 aliphatic heterocycles. The van der Waals surface area contributed by atoms with Gasteiger partial charge in [0.2, 0.25) is 5.91 Å². The summed E-state index contributed by atoms with van der Waals surface area (Å²) in [6, 6.07) is 0.241. The van der Waals surface area contributed by atoms with Gasteiger partial charge in [-0.25, -0.2) is 0 Å². The first kappa shape index (κ1) is 10.2. The lowest BCUT2D eigenvalue weighted by Gasteiger charge is -2.24. The molecule has 0 aromatic carbocycles. The van der Waals surface area contributed by atoms with Gasteiger partial charge in [0.05, 0.1) is 6.54 Å². The van der Waals surface area contributed by atoms with E-state index in [2.05, 4.69) is 0 Å². The number of nitrogens with zero attached hydrogens (tertiary/aromatic N) is 1. The number of ketones is 1. The summed E-state index contributed by atoms with van der Waals surface area (Å²) in [5.74, 6) is -0.0193. The number of Topliss-reactive ketones (excluding diaryl/α,β-unsaturated/α-hetero) is 1. The van der Waals surface area contributed by atoms with Gasteiger partial charge in [0, 0.05) is 18.9 Å². The lowest BCUT2D eigenvalue weighted by atomic mass is 10.2. The number of rotatable bonds is 4. The Morgan fingerprint density at radius 2 is 2.38 bits per heavy atom. The largest absolute Gasteiger partial charge is 0.369 e. The quantitative estimate of drug-likeness (QED) is 0.664. The average Bonchev–Trinajstić information content (AvgIpc) is 2.47. The Hall–Kier alpha value is -0.900. The molecule has 0 aromatic rings. The summed E-state index contributed by atoms with van der Waals surface area (Å²) >= 11 is 0. The van der Waals surface area contributed by atoms with Crippen molar-refractivity contribution >= 4 is 11.7 Å². The Balaban J connectivity index is 2.46. The number of hydrogen-bond acceptors (Lipinski definition) is 3. The highest BCUT2D eigenvalue weighted by Crippen LogP contribution is 2.20. The number of carbonyl (C=O) groups excluding carboxylic acids is 2. The number of nitrogens with two attached hydrogens (primary N) is 1. The van der Waals surface area contributed by atoms with Gasteiger partial charge in [0.15, 0.2) is 0 Å². The highest BCUT2D eigenvalue weighted by atomic mass is 16.1. The molecular formula is C9H16N2O2. The molecular weight excluding hydrogens is 168 g/mol. The molecule has 74 valence electrons. The maximum absolute atomic E-state index is 11.0. The van der Waals surface area contributed by atoms with Crippen molar-refractivity contribution in [2.24, 2.45) is 5.73 Å². The third-order valence-electron chi connectivity index (χ3n) is 2.50. The second kappa shape index (κ2) is 4.37. The van der Waals surface area contributed by atoms with E-state index < -0.39 is 0 Å². The van der Waals surface area contributed by atoms with Gasteiger partial charge in [0.25, 0.3) is 0 Å². The zero-order valence-corrected chi connectivity index (χ0v) is 7.95. The predicted octanol–water partition coefficient (Wildman–Crippen LogP) is -0.0848. The molecule has 1 saturated carbocycles. The monoisotopic (exact) mass is 184 g/mol. The summed E-state index contributed by atoms with van der Waals surface area (Å²) in [5.41, 5.74) is 5.11. The van der Waals surface area contributed by atoms with Crippen molar-refractivity contribution in [1.29, 1.82) is 0 Å². The molecule has 1 rings (SSSR count). The standard InChI is InChI=1S/C9H16N2O2/c1-2-11(6-9(10)13)7-3-4-8(12)5-7/h7H,2-6H2,1H3,(H2,10,13). The average molecular weight is 184 g/mol. The molecule has 0 saturated heterocycles. The zero-order valence-electron chi connectivity index (χ0n) is 7.95. The van der Waals surface area contributed by atoms with E-state index in [9.17, 15) is 9.59 Å². The highest BCUT2D eigenvalue weighted by molar-refractivity contribution is 5.81. The Bertz CT molecular complexity index is 216. The van der Waals surface area contributed by atoms with Crippen LogP contribution in [0.15, 0.2) is 0 Å². The van der Waals surface area contributed by atoms with Crippen LogP contribution in [-0.2, 0) is 9.59 Å². The van der Waals surface area contributed by atoms with Gasteiger partial charge in [-0.3, -0.25) is 14.5 Å². The molecule has 0 radical (unpaired) electrons. The highest BCUT2D eigenvalue weighted by Gasteiger charge is 2.27. The Kier molecular flexibility index (Phi) is 3.42. The first-order valence-electron chi connectivity index (χ1n) is 4.67. The minimum Gasteiger partial charge on any atom is -0.369 e. The summed E-state index contributed by atoms with van der Waals surface area (Å²) in [5, 5.41) is 0. The van der Waals surface area contributed by atoms with Gasteiger partial charge in [-0.1, -0.05) is 6.92 Å². The third-order valence-corrected chi connectivity index (χ3v) is 2.50. The lowest BCUT2D eigenvalue weighted by molar-refractivity contribution is -0.121. The van der Waals surface area contributed by atoms with E-state index in [4.69, 9.17) is 5.73 Å². The summed E-state index contributed by atoms with van der Waals surface area (Å²) in [6.45, 7) is 3.03. The fraction of sp³-hybridized carbons (Fsp3) is 0.778. The summed E-state index contributed by atoms with van der Waals surface area (Å²) in [7, 11) is 0. The molecule has 1 aliphatic carbocycles. The first-order chi connectivity index (χ1) is 6.13. The number of primary amides is 1. The zero-order chi connectivity index (χ0) is 9.84. The first-order valence-corrected chi connectivity index (χ1v) is 4.67. The van der Waals surface area contributed by atoms with E-state index in [1.807, 2.05) is 11.8 Å². The van der Waals surface area contributed by atoms with Crippen molar-refractivity contribution in [2.45, 2.75) is 32.2 Å². The van der Waals surface area contributed by atoms with E-state index >= 15 is 0 Å². The molecule has 1 fully saturated rings. The van der Waals surface area contributed by atoms with Crippen LogP contribution >= 0.6 is 0 Å². The van der Waals surface area contributed by atoms with Crippen molar-refractivity contribution in [3.8, 4) is 0 Å². The van der Waals surface area contributed by atoms with Crippen molar-refractivity contribution in [3.63, 3.8) is 0 Å². The van der Waals surface area contributed by atoms with Gasteiger partial charge in [-0.2, -0.15) is 0 Å². The summed E-state index contributed by atoms with van der Waals surface area (Å²) in [6.07, 6.45) is 2.11. The maximum atomic E-state index is 11.0. The Morgan fingerprint density at radius 1 is 1.69 bits per heavy atom. The van der Waals surface area contributed by atoms with E-state index in [1.54, 1.807) is 0 Å². The van der Waals surface area contributed by atoms with Crippen molar-refractivity contribution in [2.75, 3.05) is 13.1 Å². The number of likely N-dealkylation sites (N-methyl/N-ethyl adjacent to an activating group) is 1. The number of hydrogen-bond donors (Lipinski definition) is 1. The van der Waals surface area contributed by atoms with E-state index in [-0.39, 0.29) is 18.5 Å². The minimum atomic E-state index is -0.318. The van der Waals surface area contributed by atoms with E-state index in [0.717, 1.165) is 13.0 Å². The normalized spacial score (nSPS) is 22.6. The van der Waals surface area contributed by atoms with Crippen molar-refractivity contribution < 1.29 is 9.59 Å². The summed E-state index contributed by atoms with van der Waals surface area (Å²) < 4.78 is 0. The molecule has 0 bridgehead atoms. The Labute approximate surface area is 78.1 Å². The third kappa shape index (κ3) is 2.81. The van der Waals surface area contributed by atoms with Crippen LogP contribution < -0.4 is 5.73 Å². The van der Waals surface area contributed by atoms with Crippen LogP contribution in [0.4, 0.5) is 0 Å². The van der Waals surface area contributed by atoms with Gasteiger partial charge < -0.3 is 5.73 Å². The lowest BCUT2D eigenvalue weighted by Crippen LogP contribution is -2.40. The van der Waals surface area contributed by atoms with Crippen LogP contribution in [0, 0.1) is 0 Å². The van der Waals surface area contributed by atoms with Crippen LogP contribution in [0.2, 0.25) is 0 Å². The van der Waals surface area contributed by atoms with Crippen molar-refractivity contribution in [1.82, 2.24) is 4.90 Å². The smallest absolute Gasteiger partial charge is 0.231 e. The van der Waals surface area contributed by atoms with Gasteiger partial charge in [0.1, 0.15) is 5.78 Å². The predicted molar refractivity (Wildman–Crippen MR) is 49.1 cm³/mol. The van der Waals surface area contributed by atoms with E-state index in [0.29, 0.717) is 18.6 Å². The fourth-order valence-corrected chi connectivity index (χ4v) is 1.81. The van der Waals surface area contributed by atoms with Crippen LogP contribution in [0.3, 0.4) is 0 Å².